The fourth-order valence-electron chi connectivity index (χ4n) is 0.895. The summed E-state index contributed by atoms with van der Waals surface area (Å²) >= 11 is 0. The van der Waals surface area contributed by atoms with Crippen molar-refractivity contribution >= 4 is 11.7 Å². The van der Waals surface area contributed by atoms with Gasteiger partial charge in [-0.3, -0.25) is 4.99 Å². The van der Waals surface area contributed by atoms with Gasteiger partial charge in [0.05, 0.1) is 0 Å². The second kappa shape index (κ2) is 5.20. The molecule has 0 rings (SSSR count). The Bertz CT molecular complexity index is 352. The lowest BCUT2D eigenvalue weighted by Gasteiger charge is -2.17. The number of hydrogen-bond acceptors (Lipinski definition) is 3. The number of nitrogens with zero attached hydrogens (tertiary/aromatic N) is 1. The maximum absolute atomic E-state index is 12.6. The van der Waals surface area contributed by atoms with Gasteiger partial charge in [-0.05, 0) is 5.41 Å². The number of carbonyl (C=O) groups is 1. The Morgan fingerprint density at radius 1 is 1.35 bits per heavy atom. The van der Waals surface area contributed by atoms with Gasteiger partial charge in [-0.15, -0.1) is 0 Å². The van der Waals surface area contributed by atoms with E-state index in [0.717, 1.165) is 0 Å². The lowest BCUT2D eigenvalue weighted by atomic mass is 9.97. The summed E-state index contributed by atoms with van der Waals surface area (Å²) in [6.07, 6.45) is -4.44. The Morgan fingerprint density at radius 2 is 1.82 bits per heavy atom. The molecule has 0 fully saturated rings. The third kappa shape index (κ3) is 5.37. The van der Waals surface area contributed by atoms with E-state index in [2.05, 4.69) is 4.99 Å². The number of hydrogen-bond donors (Lipinski definition) is 2. The van der Waals surface area contributed by atoms with E-state index < -0.39 is 28.8 Å². The third-order valence-corrected chi connectivity index (χ3v) is 1.63. The SMILES string of the molecule is CC(C)(C)CN=C(/C(=C\N)C(=O)O)C(F)(F)F. The minimum Gasteiger partial charge on any atom is -0.478 e. The van der Waals surface area contributed by atoms with Crippen LogP contribution in [0.4, 0.5) is 13.2 Å². The second-order valence-electron chi connectivity index (χ2n) is 4.61. The summed E-state index contributed by atoms with van der Waals surface area (Å²) in [5, 5.41) is 8.61. The smallest absolute Gasteiger partial charge is 0.433 e. The summed E-state index contributed by atoms with van der Waals surface area (Å²) in [7, 11) is 0. The molecule has 0 spiro atoms. The molecule has 17 heavy (non-hydrogen) atoms. The quantitative estimate of drug-likeness (QED) is 0.595. The second-order valence-corrected chi connectivity index (χ2v) is 4.61. The molecule has 0 aromatic heterocycles. The minimum atomic E-state index is -4.84. The molecule has 0 atom stereocenters. The van der Waals surface area contributed by atoms with Crippen molar-refractivity contribution in [3.05, 3.63) is 11.8 Å². The predicted octanol–water partition coefficient (Wildman–Crippen LogP) is 1.96. The summed E-state index contributed by atoms with van der Waals surface area (Å²) < 4.78 is 37.8. The van der Waals surface area contributed by atoms with E-state index in [1.807, 2.05) is 0 Å². The van der Waals surface area contributed by atoms with Gasteiger partial charge in [0.25, 0.3) is 0 Å². The van der Waals surface area contributed by atoms with Gasteiger partial charge in [-0.2, -0.15) is 13.2 Å². The van der Waals surface area contributed by atoms with Crippen LogP contribution in [0, 0.1) is 5.41 Å². The molecule has 98 valence electrons. The summed E-state index contributed by atoms with van der Waals surface area (Å²) in [5.41, 5.74) is 1.91. The van der Waals surface area contributed by atoms with Crippen LogP contribution in [0.15, 0.2) is 16.8 Å². The Hall–Kier alpha value is -1.53. The Kier molecular flexibility index (Phi) is 4.73. The summed E-state index contributed by atoms with van der Waals surface area (Å²) in [5.74, 6) is -1.75. The molecule has 4 nitrogen and oxygen atoms in total. The van der Waals surface area contributed by atoms with Gasteiger partial charge >= 0.3 is 12.1 Å². The van der Waals surface area contributed by atoms with Gasteiger partial charge in [0.1, 0.15) is 5.57 Å². The minimum absolute atomic E-state index is 0.146. The van der Waals surface area contributed by atoms with Crippen LogP contribution in [-0.2, 0) is 4.79 Å². The maximum atomic E-state index is 12.6. The monoisotopic (exact) mass is 252 g/mol. The Labute approximate surface area is 97.0 Å². The van der Waals surface area contributed by atoms with Crippen molar-refractivity contribution in [3.63, 3.8) is 0 Å². The molecule has 0 aromatic carbocycles. The van der Waals surface area contributed by atoms with Crippen LogP contribution in [-0.4, -0.2) is 29.5 Å². The topological polar surface area (TPSA) is 75.7 Å². The van der Waals surface area contributed by atoms with E-state index >= 15 is 0 Å². The molecule has 0 heterocycles. The molecule has 0 saturated carbocycles. The van der Waals surface area contributed by atoms with Crippen LogP contribution < -0.4 is 5.73 Å². The number of alkyl halides is 3. The van der Waals surface area contributed by atoms with Crippen LogP contribution in [0.5, 0.6) is 0 Å². The highest BCUT2D eigenvalue weighted by atomic mass is 19.4. The molecule has 0 bridgehead atoms. The van der Waals surface area contributed by atoms with E-state index in [9.17, 15) is 18.0 Å². The number of halogens is 3. The van der Waals surface area contributed by atoms with Crippen molar-refractivity contribution < 1.29 is 23.1 Å². The van der Waals surface area contributed by atoms with E-state index in [4.69, 9.17) is 10.8 Å². The normalized spacial score (nSPS) is 14.9. The maximum Gasteiger partial charge on any atom is 0.433 e. The fraction of sp³-hybridized carbons (Fsp3) is 0.600. The molecule has 7 heteroatoms. The molecule has 0 saturated heterocycles. The molecule has 0 unspecified atom stereocenters. The number of carboxylic acid groups (broad SMARTS) is 1. The molecule has 0 radical (unpaired) electrons. The molecular weight excluding hydrogens is 237 g/mol. The van der Waals surface area contributed by atoms with Crippen LogP contribution in [0.2, 0.25) is 0 Å². The van der Waals surface area contributed by atoms with E-state index in [1.54, 1.807) is 20.8 Å². The van der Waals surface area contributed by atoms with Crippen LogP contribution in [0.3, 0.4) is 0 Å². The van der Waals surface area contributed by atoms with Crippen molar-refractivity contribution in [3.8, 4) is 0 Å². The number of nitrogens with two attached hydrogens (primary N) is 1. The predicted molar refractivity (Wildman–Crippen MR) is 57.7 cm³/mol. The van der Waals surface area contributed by atoms with Crippen molar-refractivity contribution in [2.75, 3.05) is 6.54 Å². The molecule has 0 aromatic rings. The Balaban J connectivity index is 5.38. The molecule has 0 aliphatic rings. The molecule has 3 N–H and O–H groups in total. The summed E-state index contributed by atoms with van der Waals surface area (Å²) in [6, 6.07) is 0. The van der Waals surface area contributed by atoms with Crippen molar-refractivity contribution in [1.29, 1.82) is 0 Å². The molecular formula is C10H15F3N2O2. The summed E-state index contributed by atoms with van der Waals surface area (Å²) in [4.78, 5) is 13.9. The van der Waals surface area contributed by atoms with Crippen LogP contribution in [0.25, 0.3) is 0 Å². The average Bonchev–Trinajstić information content (AvgIpc) is 2.07. The first-order valence-corrected chi connectivity index (χ1v) is 4.76. The Morgan fingerprint density at radius 3 is 2.06 bits per heavy atom. The number of rotatable bonds is 3. The van der Waals surface area contributed by atoms with E-state index in [-0.39, 0.29) is 6.54 Å². The van der Waals surface area contributed by atoms with Gasteiger partial charge < -0.3 is 10.8 Å². The fourth-order valence-corrected chi connectivity index (χ4v) is 0.895. The van der Waals surface area contributed by atoms with Gasteiger partial charge in [0.15, 0.2) is 5.71 Å². The first-order chi connectivity index (χ1) is 7.49. The average molecular weight is 252 g/mol. The first kappa shape index (κ1) is 15.5. The zero-order valence-electron chi connectivity index (χ0n) is 9.80. The van der Waals surface area contributed by atoms with Gasteiger partial charge in [-0.1, -0.05) is 20.8 Å². The zero-order valence-corrected chi connectivity index (χ0v) is 9.80. The molecule has 0 aliphatic heterocycles. The zero-order chi connectivity index (χ0) is 13.9. The van der Waals surface area contributed by atoms with Crippen LogP contribution in [0.1, 0.15) is 20.8 Å². The van der Waals surface area contributed by atoms with Crippen molar-refractivity contribution in [1.82, 2.24) is 0 Å². The number of aliphatic carboxylic acids is 1. The third-order valence-electron chi connectivity index (χ3n) is 1.63. The lowest BCUT2D eigenvalue weighted by molar-refractivity contribution is -0.132. The lowest BCUT2D eigenvalue weighted by Crippen LogP contribution is -2.30. The van der Waals surface area contributed by atoms with Gasteiger partial charge in [0.2, 0.25) is 0 Å². The number of aliphatic imine (C=N–C) groups is 1. The van der Waals surface area contributed by atoms with Gasteiger partial charge in [0, 0.05) is 12.7 Å². The van der Waals surface area contributed by atoms with E-state index in [1.165, 1.54) is 0 Å². The van der Waals surface area contributed by atoms with Crippen molar-refractivity contribution in [2.24, 2.45) is 16.1 Å². The number of carboxylic acids is 1. The largest absolute Gasteiger partial charge is 0.478 e. The van der Waals surface area contributed by atoms with Crippen LogP contribution >= 0.6 is 0 Å². The van der Waals surface area contributed by atoms with Crippen molar-refractivity contribution in [2.45, 2.75) is 26.9 Å². The molecule has 0 amide bonds. The standard InChI is InChI=1S/C10H15F3N2O2/c1-9(2,3)5-15-7(10(11,12)13)6(4-14)8(16)17/h4H,5,14H2,1-3H3,(H,16,17)/b6-4+,15-7?. The first-order valence-electron chi connectivity index (χ1n) is 4.76. The molecule has 0 aliphatic carbocycles. The van der Waals surface area contributed by atoms with Gasteiger partial charge in [-0.25, -0.2) is 4.79 Å². The highest BCUT2D eigenvalue weighted by Crippen LogP contribution is 2.24. The summed E-state index contributed by atoms with van der Waals surface area (Å²) in [6.45, 7) is 4.93. The van der Waals surface area contributed by atoms with E-state index in [0.29, 0.717) is 6.20 Å². The highest BCUT2D eigenvalue weighted by Gasteiger charge is 2.40. The highest BCUT2D eigenvalue weighted by molar-refractivity contribution is 6.21.